The zero-order chi connectivity index (χ0) is 4.12. The predicted molar refractivity (Wildman–Crippen MR) is 27.9 cm³/mol. The van der Waals surface area contributed by atoms with Gasteiger partial charge in [-0.2, -0.15) is 0 Å². The minimum absolute atomic E-state index is 0.0529. The first-order chi connectivity index (χ1) is 2.41. The van der Waals surface area contributed by atoms with Gasteiger partial charge in [-0.1, -0.05) is 6.55 Å². The van der Waals surface area contributed by atoms with Gasteiger partial charge in [-0.3, -0.25) is 0 Å². The highest BCUT2D eigenvalue weighted by molar-refractivity contribution is 6.44. The summed E-state index contributed by atoms with van der Waals surface area (Å²) >= 11 is 0. The summed E-state index contributed by atoms with van der Waals surface area (Å²) in [6.45, 7) is 4.06. The molecule has 0 aromatic carbocycles. The maximum atomic E-state index is 3.00. The summed E-state index contributed by atoms with van der Waals surface area (Å²) < 4.78 is 0. The van der Waals surface area contributed by atoms with Crippen molar-refractivity contribution >= 4 is 9.52 Å². The van der Waals surface area contributed by atoms with Gasteiger partial charge in [0.05, 0.1) is 0 Å². The van der Waals surface area contributed by atoms with Crippen LogP contribution in [0.4, 0.5) is 0 Å². The van der Waals surface area contributed by atoms with E-state index < -0.39 is 0 Å². The Labute approximate surface area is 35.4 Å². The van der Waals surface area contributed by atoms with Crippen LogP contribution in [0.1, 0.15) is 6.92 Å². The molecule has 0 amide bonds. The van der Waals surface area contributed by atoms with Gasteiger partial charge in [0.2, 0.25) is 0 Å². The highest BCUT2D eigenvalue weighted by Gasteiger charge is 1.51. The summed E-state index contributed by atoms with van der Waals surface area (Å²) in [7, 11) is 0.0529. The van der Waals surface area contributed by atoms with Crippen molar-refractivity contribution in [2.75, 3.05) is 0 Å². The monoisotopic (exact) mass is 84.0 g/mol. The first-order valence-corrected chi connectivity index (χ1v) is 3.93. The van der Waals surface area contributed by atoms with E-state index in [2.05, 4.69) is 18.0 Å². The Balaban J connectivity index is 2.81. The highest BCUT2D eigenvalue weighted by Crippen LogP contribution is 1.46. The van der Waals surface area contributed by atoms with E-state index in [4.69, 9.17) is 0 Å². The molecule has 0 spiro atoms. The fraction of sp³-hybridized carbons (Fsp3) is 0.500. The molecule has 0 aliphatic carbocycles. The van der Waals surface area contributed by atoms with E-state index in [-0.39, 0.29) is 9.52 Å². The molecule has 0 N–H and O–H groups in total. The van der Waals surface area contributed by atoms with Crippen molar-refractivity contribution in [3.05, 3.63) is 0 Å². The van der Waals surface area contributed by atoms with Crippen molar-refractivity contribution in [3.8, 4) is 11.5 Å². The standard InChI is InChI=1S/C4H8Si/c1-3-4-5-2/h5H2,1-2H3. The smallest absolute Gasteiger partial charge is 0.103 e. The van der Waals surface area contributed by atoms with Gasteiger partial charge in [-0.05, 0) is 6.92 Å². The lowest BCUT2D eigenvalue weighted by Gasteiger charge is -1.56. The van der Waals surface area contributed by atoms with Gasteiger partial charge in [0.25, 0.3) is 0 Å². The Morgan fingerprint density at radius 2 is 2.20 bits per heavy atom. The van der Waals surface area contributed by atoms with E-state index in [9.17, 15) is 0 Å². The summed E-state index contributed by atoms with van der Waals surface area (Å²) in [6.07, 6.45) is 0. The molecule has 0 aromatic rings. The van der Waals surface area contributed by atoms with Crippen LogP contribution in [0.15, 0.2) is 0 Å². The molecule has 0 aromatic heterocycles. The first-order valence-electron chi connectivity index (χ1n) is 1.81. The molecule has 0 unspecified atom stereocenters. The van der Waals surface area contributed by atoms with Gasteiger partial charge < -0.3 is 0 Å². The Bertz CT molecular complexity index is 55.8. The fourth-order valence-corrected chi connectivity index (χ4v) is 0.530. The second kappa shape index (κ2) is 3.78. The normalized spacial score (nSPS) is 7.60. The average molecular weight is 84.2 g/mol. The SMILES string of the molecule is CC#C[SiH2]C. The Hall–Kier alpha value is -0.223. The maximum absolute atomic E-state index is 3.00. The Morgan fingerprint density at radius 3 is 2.20 bits per heavy atom. The van der Waals surface area contributed by atoms with Gasteiger partial charge in [-0.25, -0.2) is 0 Å². The summed E-state index contributed by atoms with van der Waals surface area (Å²) in [5, 5.41) is 0. The minimum Gasteiger partial charge on any atom is -0.140 e. The van der Waals surface area contributed by atoms with E-state index >= 15 is 0 Å². The maximum Gasteiger partial charge on any atom is 0.103 e. The third-order valence-corrected chi connectivity index (χ3v) is 1.06. The molecule has 0 aliphatic rings. The number of hydrogen-bond donors (Lipinski definition) is 0. The molecule has 0 aliphatic heterocycles. The van der Waals surface area contributed by atoms with Crippen molar-refractivity contribution in [2.24, 2.45) is 0 Å². The van der Waals surface area contributed by atoms with Crippen LogP contribution in [0.2, 0.25) is 6.55 Å². The molecule has 0 rings (SSSR count). The van der Waals surface area contributed by atoms with Crippen LogP contribution < -0.4 is 0 Å². The molecule has 0 saturated carbocycles. The lowest BCUT2D eigenvalue weighted by Crippen LogP contribution is -1.65. The van der Waals surface area contributed by atoms with Crippen LogP contribution in [-0.4, -0.2) is 9.52 Å². The first kappa shape index (κ1) is 4.78. The minimum atomic E-state index is 0.0529. The number of hydrogen-bond acceptors (Lipinski definition) is 0. The lowest BCUT2D eigenvalue weighted by atomic mass is 10.8. The summed E-state index contributed by atoms with van der Waals surface area (Å²) in [4.78, 5) is 0. The molecule has 1 heteroatoms. The molecular weight excluding hydrogens is 76.1 g/mol. The topological polar surface area (TPSA) is 0 Å². The quantitative estimate of drug-likeness (QED) is 0.290. The van der Waals surface area contributed by atoms with E-state index in [1.165, 1.54) is 0 Å². The molecule has 0 heterocycles. The molecule has 0 saturated heterocycles. The van der Waals surface area contributed by atoms with Gasteiger partial charge in [0, 0.05) is 0 Å². The van der Waals surface area contributed by atoms with Crippen molar-refractivity contribution in [1.82, 2.24) is 0 Å². The highest BCUT2D eigenvalue weighted by atomic mass is 28.2. The Morgan fingerprint density at radius 1 is 1.60 bits per heavy atom. The third-order valence-electron chi connectivity index (χ3n) is 0.354. The van der Waals surface area contributed by atoms with Crippen molar-refractivity contribution in [2.45, 2.75) is 13.5 Å². The zero-order valence-electron chi connectivity index (χ0n) is 3.71. The fourth-order valence-electron chi connectivity index (χ4n) is 0.177. The molecule has 0 bridgehead atoms. The summed E-state index contributed by atoms with van der Waals surface area (Å²) in [5.41, 5.74) is 3.00. The van der Waals surface area contributed by atoms with Crippen LogP contribution in [-0.2, 0) is 0 Å². The van der Waals surface area contributed by atoms with Crippen molar-refractivity contribution < 1.29 is 0 Å². The molecule has 0 nitrogen and oxygen atoms in total. The van der Waals surface area contributed by atoms with E-state index in [1.54, 1.807) is 0 Å². The summed E-state index contributed by atoms with van der Waals surface area (Å²) in [6, 6.07) is 0. The molecule has 0 radical (unpaired) electrons. The van der Waals surface area contributed by atoms with Crippen molar-refractivity contribution in [3.63, 3.8) is 0 Å². The van der Waals surface area contributed by atoms with Crippen molar-refractivity contribution in [1.29, 1.82) is 0 Å². The molecule has 28 valence electrons. The van der Waals surface area contributed by atoms with E-state index in [0.29, 0.717) is 0 Å². The van der Waals surface area contributed by atoms with Gasteiger partial charge >= 0.3 is 0 Å². The Kier molecular flexibility index (Phi) is 3.61. The molecule has 0 atom stereocenters. The van der Waals surface area contributed by atoms with Gasteiger partial charge in [-0.15, -0.1) is 11.5 Å². The lowest BCUT2D eigenvalue weighted by molar-refractivity contribution is 1.93. The predicted octanol–water partition coefficient (Wildman–Crippen LogP) is 0.184. The molecular formula is C4H8Si. The van der Waals surface area contributed by atoms with Crippen LogP contribution in [0.3, 0.4) is 0 Å². The zero-order valence-corrected chi connectivity index (χ0v) is 5.12. The van der Waals surface area contributed by atoms with E-state index in [1.807, 2.05) is 6.92 Å². The van der Waals surface area contributed by atoms with Crippen LogP contribution in [0.25, 0.3) is 0 Å². The summed E-state index contributed by atoms with van der Waals surface area (Å²) in [5.74, 6) is 2.83. The molecule has 0 fully saturated rings. The average Bonchev–Trinajstić information content (AvgIpc) is 1.41. The second-order valence-electron chi connectivity index (χ2n) is 0.780. The third kappa shape index (κ3) is 3.78. The number of rotatable bonds is 0. The second-order valence-corrected chi connectivity index (χ2v) is 1.84. The van der Waals surface area contributed by atoms with Crippen LogP contribution >= 0.6 is 0 Å². The van der Waals surface area contributed by atoms with E-state index in [0.717, 1.165) is 0 Å². The van der Waals surface area contributed by atoms with Crippen LogP contribution in [0.5, 0.6) is 0 Å². The van der Waals surface area contributed by atoms with Gasteiger partial charge in [0.1, 0.15) is 9.52 Å². The molecule has 5 heavy (non-hydrogen) atoms. The largest absolute Gasteiger partial charge is 0.140 e. The van der Waals surface area contributed by atoms with Gasteiger partial charge in [0.15, 0.2) is 0 Å². The van der Waals surface area contributed by atoms with Crippen LogP contribution in [0, 0.1) is 11.5 Å².